The molecule has 0 aliphatic carbocycles. The van der Waals surface area contributed by atoms with Gasteiger partial charge in [0.15, 0.2) is 0 Å². The summed E-state index contributed by atoms with van der Waals surface area (Å²) >= 11 is 0. The van der Waals surface area contributed by atoms with E-state index >= 15 is 0 Å². The van der Waals surface area contributed by atoms with Crippen LogP contribution in [0.5, 0.6) is 0 Å². The standard InChI is InChI=1S/C15H19N3O3/c1-2-17(13-9-21-10-14(13)19)15(20)8-18-12-6-4-3-5-11(12)7-16-18/h3-7,13-14,19H,2,8-10H2,1H3/t13-,14-/m1/s1. The van der Waals surface area contributed by atoms with E-state index in [2.05, 4.69) is 5.10 Å². The van der Waals surface area contributed by atoms with E-state index < -0.39 is 6.10 Å². The van der Waals surface area contributed by atoms with Crippen molar-refractivity contribution >= 4 is 16.8 Å². The predicted octanol–water partition coefficient (Wildman–Crippen LogP) is 0.644. The molecule has 6 nitrogen and oxygen atoms in total. The van der Waals surface area contributed by atoms with Gasteiger partial charge in [0.25, 0.3) is 0 Å². The summed E-state index contributed by atoms with van der Waals surface area (Å²) in [5.41, 5.74) is 0.935. The third kappa shape index (κ3) is 2.64. The van der Waals surface area contributed by atoms with Crippen molar-refractivity contribution in [1.82, 2.24) is 14.7 Å². The monoisotopic (exact) mass is 289 g/mol. The maximum absolute atomic E-state index is 12.5. The number of para-hydroxylation sites is 1. The highest BCUT2D eigenvalue weighted by molar-refractivity contribution is 5.82. The molecule has 0 radical (unpaired) electrons. The van der Waals surface area contributed by atoms with Gasteiger partial charge in [-0.2, -0.15) is 5.10 Å². The number of aromatic nitrogens is 2. The van der Waals surface area contributed by atoms with Crippen LogP contribution in [0.3, 0.4) is 0 Å². The number of ether oxygens (including phenoxy) is 1. The van der Waals surface area contributed by atoms with Crippen LogP contribution in [0.4, 0.5) is 0 Å². The molecular weight excluding hydrogens is 270 g/mol. The molecule has 1 saturated heterocycles. The van der Waals surface area contributed by atoms with Crippen LogP contribution in [0.1, 0.15) is 6.92 Å². The first-order valence-electron chi connectivity index (χ1n) is 7.16. The zero-order valence-corrected chi connectivity index (χ0v) is 12.0. The second-order valence-electron chi connectivity index (χ2n) is 5.21. The van der Waals surface area contributed by atoms with Crippen molar-refractivity contribution in [3.8, 4) is 0 Å². The number of likely N-dealkylation sites (N-methyl/N-ethyl adjacent to an activating group) is 1. The Bertz CT molecular complexity index is 640. The Labute approximate surface area is 122 Å². The van der Waals surface area contributed by atoms with E-state index in [9.17, 15) is 9.90 Å². The van der Waals surface area contributed by atoms with E-state index in [-0.39, 0.29) is 18.5 Å². The van der Waals surface area contributed by atoms with Crippen LogP contribution in [0.15, 0.2) is 30.5 Å². The summed E-state index contributed by atoms with van der Waals surface area (Å²) in [6, 6.07) is 7.52. The quantitative estimate of drug-likeness (QED) is 0.897. The van der Waals surface area contributed by atoms with E-state index in [4.69, 9.17) is 4.74 Å². The highest BCUT2D eigenvalue weighted by atomic mass is 16.5. The van der Waals surface area contributed by atoms with Gasteiger partial charge in [-0.25, -0.2) is 0 Å². The zero-order chi connectivity index (χ0) is 14.8. The van der Waals surface area contributed by atoms with E-state index in [0.29, 0.717) is 19.8 Å². The summed E-state index contributed by atoms with van der Waals surface area (Å²) in [7, 11) is 0. The maximum atomic E-state index is 12.5. The number of fused-ring (bicyclic) bond motifs is 1. The topological polar surface area (TPSA) is 67.6 Å². The Morgan fingerprint density at radius 1 is 1.48 bits per heavy atom. The summed E-state index contributed by atoms with van der Waals surface area (Å²) in [5, 5.41) is 15.2. The minimum Gasteiger partial charge on any atom is -0.388 e. The van der Waals surface area contributed by atoms with Gasteiger partial charge < -0.3 is 14.7 Å². The molecule has 1 aliphatic rings. The largest absolute Gasteiger partial charge is 0.388 e. The number of nitrogens with zero attached hydrogens (tertiary/aromatic N) is 3. The van der Waals surface area contributed by atoms with Gasteiger partial charge in [0, 0.05) is 11.9 Å². The van der Waals surface area contributed by atoms with Gasteiger partial charge in [0.1, 0.15) is 6.54 Å². The fourth-order valence-corrected chi connectivity index (χ4v) is 2.80. The number of aliphatic hydroxyl groups is 1. The average Bonchev–Trinajstić information content (AvgIpc) is 3.08. The van der Waals surface area contributed by atoms with Crippen LogP contribution in [-0.4, -0.2) is 57.6 Å². The number of carbonyl (C=O) groups is 1. The third-order valence-electron chi connectivity index (χ3n) is 3.92. The summed E-state index contributed by atoms with van der Waals surface area (Å²) in [5.74, 6) is -0.0547. The molecule has 3 rings (SSSR count). The molecule has 1 aliphatic heterocycles. The Balaban J connectivity index is 1.78. The minimum atomic E-state index is -0.608. The summed E-state index contributed by atoms with van der Waals surface area (Å²) < 4.78 is 6.94. The first kappa shape index (κ1) is 14.0. The zero-order valence-electron chi connectivity index (χ0n) is 12.0. The fraction of sp³-hybridized carbons (Fsp3) is 0.467. The van der Waals surface area contributed by atoms with Crippen LogP contribution in [0, 0.1) is 0 Å². The van der Waals surface area contributed by atoms with E-state index in [1.807, 2.05) is 31.2 Å². The van der Waals surface area contributed by atoms with Gasteiger partial charge >= 0.3 is 0 Å². The number of amides is 1. The van der Waals surface area contributed by atoms with Crippen molar-refractivity contribution in [2.75, 3.05) is 19.8 Å². The molecule has 1 aromatic heterocycles. The van der Waals surface area contributed by atoms with E-state index in [1.54, 1.807) is 15.8 Å². The lowest BCUT2D eigenvalue weighted by atomic mass is 10.2. The van der Waals surface area contributed by atoms with Gasteiger partial charge in [0.2, 0.25) is 5.91 Å². The van der Waals surface area contributed by atoms with E-state index in [1.165, 1.54) is 0 Å². The lowest BCUT2D eigenvalue weighted by Crippen LogP contribution is -2.47. The number of rotatable bonds is 4. The van der Waals surface area contributed by atoms with Gasteiger partial charge in [-0.05, 0) is 13.0 Å². The number of hydrogen-bond donors (Lipinski definition) is 1. The number of carbonyl (C=O) groups excluding carboxylic acids is 1. The lowest BCUT2D eigenvalue weighted by Gasteiger charge is -2.28. The first-order chi connectivity index (χ1) is 10.2. The molecule has 6 heteroatoms. The second-order valence-corrected chi connectivity index (χ2v) is 5.21. The van der Waals surface area contributed by atoms with Crippen molar-refractivity contribution in [2.45, 2.75) is 25.6 Å². The molecule has 1 aromatic carbocycles. The molecule has 21 heavy (non-hydrogen) atoms. The van der Waals surface area contributed by atoms with Crippen molar-refractivity contribution in [3.63, 3.8) is 0 Å². The normalized spacial score (nSPS) is 21.8. The van der Waals surface area contributed by atoms with Crippen LogP contribution in [0.2, 0.25) is 0 Å². The second kappa shape index (κ2) is 5.83. The Morgan fingerprint density at radius 3 is 3.00 bits per heavy atom. The molecule has 2 aromatic rings. The number of aliphatic hydroxyl groups excluding tert-OH is 1. The molecule has 0 saturated carbocycles. The molecule has 1 N–H and O–H groups in total. The third-order valence-corrected chi connectivity index (χ3v) is 3.92. The van der Waals surface area contributed by atoms with Gasteiger partial charge in [0.05, 0.1) is 37.1 Å². The van der Waals surface area contributed by atoms with Gasteiger partial charge in [-0.15, -0.1) is 0 Å². The average molecular weight is 289 g/mol. The van der Waals surface area contributed by atoms with Gasteiger partial charge in [-0.3, -0.25) is 9.48 Å². The Morgan fingerprint density at radius 2 is 2.29 bits per heavy atom. The minimum absolute atomic E-state index is 0.0547. The van der Waals surface area contributed by atoms with Crippen LogP contribution >= 0.6 is 0 Å². The van der Waals surface area contributed by atoms with Gasteiger partial charge in [-0.1, -0.05) is 18.2 Å². The Kier molecular flexibility index (Phi) is 3.90. The molecule has 1 fully saturated rings. The summed E-state index contributed by atoms with van der Waals surface area (Å²) in [4.78, 5) is 14.2. The summed E-state index contributed by atoms with van der Waals surface area (Å²) in [6.07, 6.45) is 1.15. The molecule has 0 bridgehead atoms. The first-order valence-corrected chi connectivity index (χ1v) is 7.16. The van der Waals surface area contributed by atoms with E-state index in [0.717, 1.165) is 10.9 Å². The molecule has 112 valence electrons. The fourth-order valence-electron chi connectivity index (χ4n) is 2.80. The number of hydrogen-bond acceptors (Lipinski definition) is 4. The van der Waals surface area contributed by atoms with Crippen LogP contribution in [0.25, 0.3) is 10.9 Å². The number of benzene rings is 1. The molecule has 2 atom stereocenters. The van der Waals surface area contributed by atoms with Crippen molar-refractivity contribution in [1.29, 1.82) is 0 Å². The van der Waals surface area contributed by atoms with Crippen LogP contribution < -0.4 is 0 Å². The lowest BCUT2D eigenvalue weighted by molar-refractivity contribution is -0.135. The molecule has 0 spiro atoms. The molecule has 1 amide bonds. The highest BCUT2D eigenvalue weighted by Gasteiger charge is 2.33. The molecular formula is C15H19N3O3. The smallest absolute Gasteiger partial charge is 0.244 e. The molecule has 2 heterocycles. The maximum Gasteiger partial charge on any atom is 0.244 e. The Hall–Kier alpha value is -1.92. The predicted molar refractivity (Wildman–Crippen MR) is 77.7 cm³/mol. The molecule has 0 unspecified atom stereocenters. The highest BCUT2D eigenvalue weighted by Crippen LogP contribution is 2.16. The van der Waals surface area contributed by atoms with Crippen molar-refractivity contribution in [3.05, 3.63) is 30.5 Å². The SMILES string of the molecule is CCN(C(=O)Cn1ncc2ccccc21)[C@@H]1COC[C@H]1O. The van der Waals surface area contributed by atoms with Crippen molar-refractivity contribution in [2.24, 2.45) is 0 Å². The summed E-state index contributed by atoms with van der Waals surface area (Å²) in [6.45, 7) is 3.30. The van der Waals surface area contributed by atoms with Crippen molar-refractivity contribution < 1.29 is 14.6 Å². The van der Waals surface area contributed by atoms with Crippen LogP contribution in [-0.2, 0) is 16.1 Å².